The first kappa shape index (κ1) is 19.5. The summed E-state index contributed by atoms with van der Waals surface area (Å²) in [7, 11) is 0. The van der Waals surface area contributed by atoms with Gasteiger partial charge < -0.3 is 9.88 Å². The first-order chi connectivity index (χ1) is 15.2. The van der Waals surface area contributed by atoms with E-state index in [1.54, 1.807) is 6.07 Å². The highest BCUT2D eigenvalue weighted by Gasteiger charge is 2.25. The van der Waals surface area contributed by atoms with Gasteiger partial charge in [0.05, 0.1) is 17.2 Å². The number of benzene rings is 1. The van der Waals surface area contributed by atoms with Crippen molar-refractivity contribution in [1.82, 2.24) is 24.4 Å². The van der Waals surface area contributed by atoms with Crippen molar-refractivity contribution in [2.24, 2.45) is 0 Å². The van der Waals surface area contributed by atoms with Crippen LogP contribution in [0.3, 0.4) is 0 Å². The number of aryl methyl sites for hydroxylation is 1. The van der Waals surface area contributed by atoms with Gasteiger partial charge in [-0.05, 0) is 56.0 Å². The van der Waals surface area contributed by atoms with Crippen molar-refractivity contribution in [3.8, 4) is 11.4 Å². The lowest BCUT2D eigenvalue weighted by Crippen LogP contribution is -2.38. The maximum absolute atomic E-state index is 12.6. The van der Waals surface area contributed by atoms with E-state index in [0.29, 0.717) is 23.5 Å². The molecule has 1 aliphatic carbocycles. The van der Waals surface area contributed by atoms with Crippen LogP contribution in [0.4, 0.5) is 0 Å². The first-order valence-electron chi connectivity index (χ1n) is 10.8. The predicted molar refractivity (Wildman–Crippen MR) is 119 cm³/mol. The fraction of sp³-hybridized carbons (Fsp3) is 0.333. The normalized spacial score (nSPS) is 19.0. The summed E-state index contributed by atoms with van der Waals surface area (Å²) in [5.74, 6) is 1.01. The lowest BCUT2D eigenvalue weighted by Gasteiger charge is -2.31. The SMILES string of the molecule is O=C(CCn1cnc2ccccc2c1=O)NC1CCC(n2cccc3ccnc2-3)CC1. The summed E-state index contributed by atoms with van der Waals surface area (Å²) in [6.07, 6.45) is 9.66. The second-order valence-corrected chi connectivity index (χ2v) is 8.22. The molecule has 0 atom stereocenters. The summed E-state index contributed by atoms with van der Waals surface area (Å²) in [5.41, 5.74) is 1.73. The summed E-state index contributed by atoms with van der Waals surface area (Å²) in [6, 6.07) is 14.1. The summed E-state index contributed by atoms with van der Waals surface area (Å²) in [4.78, 5) is 33.9. The van der Waals surface area contributed by atoms with Gasteiger partial charge in [0, 0.05) is 43.0 Å². The second kappa shape index (κ2) is 8.34. The van der Waals surface area contributed by atoms with Gasteiger partial charge in [-0.1, -0.05) is 12.1 Å². The molecule has 0 radical (unpaired) electrons. The maximum Gasteiger partial charge on any atom is 0.261 e. The second-order valence-electron chi connectivity index (χ2n) is 8.22. The summed E-state index contributed by atoms with van der Waals surface area (Å²) in [6.45, 7) is 0.332. The van der Waals surface area contributed by atoms with Crippen molar-refractivity contribution in [1.29, 1.82) is 0 Å². The van der Waals surface area contributed by atoms with Gasteiger partial charge in [-0.25, -0.2) is 9.97 Å². The third-order valence-electron chi connectivity index (χ3n) is 6.24. The van der Waals surface area contributed by atoms with Crippen LogP contribution in [-0.2, 0) is 11.3 Å². The zero-order valence-corrected chi connectivity index (χ0v) is 17.3. The summed E-state index contributed by atoms with van der Waals surface area (Å²) in [5, 5.41) is 3.73. The van der Waals surface area contributed by atoms with Gasteiger partial charge in [-0.3, -0.25) is 14.2 Å². The standard InChI is InChI=1S/C24H25N5O2/c30-22(12-15-28-16-26-21-6-2-1-5-20(21)24(28)31)27-18-7-9-19(10-8-18)29-14-3-4-17-11-13-25-23(17)29/h1-6,11,13-14,16,18-19H,7-10,12,15H2,(H,27,30). The molecule has 1 N–H and O–H groups in total. The molecule has 1 saturated carbocycles. The minimum Gasteiger partial charge on any atom is -0.353 e. The largest absolute Gasteiger partial charge is 0.353 e. The van der Waals surface area contributed by atoms with Gasteiger partial charge in [0.2, 0.25) is 5.91 Å². The van der Waals surface area contributed by atoms with E-state index in [0.717, 1.165) is 37.1 Å². The number of amides is 1. The number of fused-ring (bicyclic) bond motifs is 2. The summed E-state index contributed by atoms with van der Waals surface area (Å²) >= 11 is 0. The molecule has 0 saturated heterocycles. The van der Waals surface area contributed by atoms with Crippen LogP contribution in [0.15, 0.2) is 66.0 Å². The Kier molecular flexibility index (Phi) is 5.24. The van der Waals surface area contributed by atoms with E-state index in [1.165, 1.54) is 10.9 Å². The van der Waals surface area contributed by atoms with E-state index in [1.807, 2.05) is 30.5 Å². The quantitative estimate of drug-likeness (QED) is 0.542. The molecule has 31 heavy (non-hydrogen) atoms. The predicted octanol–water partition coefficient (Wildman–Crippen LogP) is 3.39. The first-order valence-corrected chi connectivity index (χ1v) is 10.8. The highest BCUT2D eigenvalue weighted by molar-refractivity contribution is 5.77. The Morgan fingerprint density at radius 2 is 1.87 bits per heavy atom. The van der Waals surface area contributed by atoms with Crippen LogP contribution in [0.25, 0.3) is 22.3 Å². The van der Waals surface area contributed by atoms with Gasteiger partial charge in [0.1, 0.15) is 5.82 Å². The number of hydrogen-bond acceptors (Lipinski definition) is 4. The van der Waals surface area contributed by atoms with Gasteiger partial charge in [-0.2, -0.15) is 0 Å². The molecule has 0 bridgehead atoms. The average Bonchev–Trinajstić information content (AvgIpc) is 3.28. The van der Waals surface area contributed by atoms with Crippen molar-refractivity contribution in [2.75, 3.05) is 0 Å². The minimum absolute atomic E-state index is 0.0176. The lowest BCUT2D eigenvalue weighted by atomic mass is 9.90. The summed E-state index contributed by atoms with van der Waals surface area (Å²) < 4.78 is 3.79. The number of carbonyl (C=O) groups is 1. The Morgan fingerprint density at radius 1 is 1.03 bits per heavy atom. The van der Waals surface area contributed by atoms with Gasteiger partial charge in [0.25, 0.3) is 5.56 Å². The molecule has 7 heteroatoms. The zero-order valence-electron chi connectivity index (χ0n) is 17.3. The van der Waals surface area contributed by atoms with Gasteiger partial charge >= 0.3 is 0 Å². The fourth-order valence-electron chi connectivity index (χ4n) is 4.57. The van der Waals surface area contributed by atoms with E-state index in [2.05, 4.69) is 38.2 Å². The zero-order chi connectivity index (χ0) is 21.2. The Labute approximate surface area is 180 Å². The molecule has 3 aliphatic rings. The molecule has 0 unspecified atom stereocenters. The smallest absolute Gasteiger partial charge is 0.261 e. The molecule has 1 aromatic heterocycles. The molecule has 1 fully saturated rings. The molecule has 158 valence electrons. The number of pyridine rings is 1. The molecular weight excluding hydrogens is 390 g/mol. The number of aromatic nitrogens is 4. The van der Waals surface area contributed by atoms with Crippen molar-refractivity contribution >= 4 is 16.8 Å². The number of hydrogen-bond donors (Lipinski definition) is 1. The van der Waals surface area contributed by atoms with E-state index in [4.69, 9.17) is 0 Å². The van der Waals surface area contributed by atoms with Crippen LogP contribution in [0.2, 0.25) is 0 Å². The Balaban J connectivity index is 1.15. The fourth-order valence-corrected chi connectivity index (χ4v) is 4.57. The number of carbonyl (C=O) groups excluding carboxylic acids is 1. The minimum atomic E-state index is -0.105. The van der Waals surface area contributed by atoms with Crippen LogP contribution in [-0.4, -0.2) is 31.1 Å². The molecule has 2 aliphatic heterocycles. The van der Waals surface area contributed by atoms with Crippen LogP contribution in [0, 0.1) is 0 Å². The molecule has 1 aromatic carbocycles. The van der Waals surface area contributed by atoms with E-state index in [-0.39, 0.29) is 23.9 Å². The third-order valence-corrected chi connectivity index (χ3v) is 6.24. The molecular formula is C24H25N5O2. The maximum atomic E-state index is 12.6. The van der Waals surface area contributed by atoms with Crippen LogP contribution in [0.1, 0.15) is 38.1 Å². The van der Waals surface area contributed by atoms with Gasteiger partial charge in [-0.15, -0.1) is 0 Å². The number of rotatable bonds is 5. The van der Waals surface area contributed by atoms with E-state index in [9.17, 15) is 9.59 Å². The Morgan fingerprint density at radius 3 is 2.74 bits per heavy atom. The lowest BCUT2D eigenvalue weighted by molar-refractivity contribution is -0.122. The van der Waals surface area contributed by atoms with Crippen LogP contribution < -0.4 is 10.9 Å². The van der Waals surface area contributed by atoms with Crippen LogP contribution >= 0.6 is 0 Å². The van der Waals surface area contributed by atoms with E-state index >= 15 is 0 Å². The number of nitrogens with zero attached hydrogens (tertiary/aromatic N) is 4. The highest BCUT2D eigenvalue weighted by atomic mass is 16.2. The van der Waals surface area contributed by atoms with Crippen molar-refractivity contribution in [3.05, 3.63) is 71.5 Å². The monoisotopic (exact) mass is 415 g/mol. The average molecular weight is 415 g/mol. The number of nitrogens with one attached hydrogen (secondary N) is 1. The Bertz CT molecular complexity index is 1240. The molecule has 2 aromatic rings. The third kappa shape index (κ3) is 3.95. The van der Waals surface area contributed by atoms with Crippen molar-refractivity contribution < 1.29 is 4.79 Å². The van der Waals surface area contributed by atoms with Gasteiger partial charge in [0.15, 0.2) is 0 Å². The number of para-hydroxylation sites is 1. The molecule has 0 spiro atoms. The highest BCUT2D eigenvalue weighted by Crippen LogP contribution is 2.32. The molecule has 3 heterocycles. The molecule has 1 amide bonds. The van der Waals surface area contributed by atoms with Crippen LogP contribution in [0.5, 0.6) is 0 Å². The van der Waals surface area contributed by atoms with Crippen molar-refractivity contribution in [3.63, 3.8) is 0 Å². The topological polar surface area (TPSA) is 81.8 Å². The van der Waals surface area contributed by atoms with E-state index < -0.39 is 0 Å². The van der Waals surface area contributed by atoms with Crippen molar-refractivity contribution in [2.45, 2.75) is 50.7 Å². The molecule has 5 rings (SSSR count). The molecule has 7 nitrogen and oxygen atoms in total. The Hall–Kier alpha value is -3.48.